The molecule has 17 heavy (non-hydrogen) atoms. The molecular formula is C14H22BrNO. The van der Waals surface area contributed by atoms with Crippen LogP contribution in [0, 0.1) is 5.92 Å². The van der Waals surface area contributed by atoms with Crippen LogP contribution >= 0.6 is 15.9 Å². The Kier molecular flexibility index (Phi) is 6.78. The number of ether oxygens (including phenoxy) is 1. The highest BCUT2D eigenvalue weighted by Crippen LogP contribution is 2.26. The van der Waals surface area contributed by atoms with Gasteiger partial charge in [0.1, 0.15) is 0 Å². The van der Waals surface area contributed by atoms with Gasteiger partial charge in [0.05, 0.1) is 0 Å². The summed E-state index contributed by atoms with van der Waals surface area (Å²) in [5.41, 5.74) is 1.34. The zero-order valence-electron chi connectivity index (χ0n) is 10.9. The second-order valence-corrected chi connectivity index (χ2v) is 5.26. The smallest absolute Gasteiger partial charge is 0.0465 e. The van der Waals surface area contributed by atoms with Gasteiger partial charge in [0.25, 0.3) is 0 Å². The van der Waals surface area contributed by atoms with Gasteiger partial charge in [-0.1, -0.05) is 41.9 Å². The summed E-state index contributed by atoms with van der Waals surface area (Å²) in [6.07, 6.45) is 1.07. The number of hydrogen-bond donors (Lipinski definition) is 1. The Morgan fingerprint density at radius 3 is 2.76 bits per heavy atom. The number of rotatable bonds is 7. The van der Waals surface area contributed by atoms with E-state index in [1.807, 2.05) is 0 Å². The Hall–Kier alpha value is -0.380. The minimum atomic E-state index is 0.396. The van der Waals surface area contributed by atoms with Crippen LogP contribution in [0.3, 0.4) is 0 Å². The van der Waals surface area contributed by atoms with Gasteiger partial charge in [-0.25, -0.2) is 0 Å². The molecule has 3 heteroatoms. The summed E-state index contributed by atoms with van der Waals surface area (Å²) in [4.78, 5) is 0. The van der Waals surface area contributed by atoms with Crippen molar-refractivity contribution in [1.29, 1.82) is 0 Å². The zero-order valence-corrected chi connectivity index (χ0v) is 12.5. The summed E-state index contributed by atoms with van der Waals surface area (Å²) in [5.74, 6) is 0.559. The first-order valence-corrected chi connectivity index (χ1v) is 6.96. The van der Waals surface area contributed by atoms with Crippen molar-refractivity contribution < 1.29 is 4.74 Å². The fourth-order valence-corrected chi connectivity index (χ4v) is 2.45. The molecule has 0 spiro atoms. The largest absolute Gasteiger partial charge is 0.385 e. The Morgan fingerprint density at radius 2 is 2.18 bits per heavy atom. The van der Waals surface area contributed by atoms with E-state index in [0.29, 0.717) is 12.0 Å². The lowest BCUT2D eigenvalue weighted by atomic mass is 9.92. The molecule has 1 aromatic rings. The normalized spacial score (nSPS) is 14.6. The lowest BCUT2D eigenvalue weighted by molar-refractivity contribution is 0.170. The average Bonchev–Trinajstić information content (AvgIpc) is 2.33. The predicted molar refractivity (Wildman–Crippen MR) is 76.2 cm³/mol. The molecule has 0 saturated heterocycles. The van der Waals surface area contributed by atoms with Crippen LogP contribution in [0.4, 0.5) is 0 Å². The Morgan fingerprint density at radius 1 is 1.41 bits per heavy atom. The molecule has 96 valence electrons. The van der Waals surface area contributed by atoms with Crippen LogP contribution in [0.15, 0.2) is 28.7 Å². The first-order valence-electron chi connectivity index (χ1n) is 6.16. The Bertz CT molecular complexity index is 330. The van der Waals surface area contributed by atoms with Crippen molar-refractivity contribution in [2.24, 2.45) is 5.92 Å². The van der Waals surface area contributed by atoms with E-state index in [2.05, 4.69) is 59.4 Å². The SMILES string of the molecule is CCNC(c1cccc(Br)c1)C(C)CCOC. The molecule has 0 aliphatic rings. The van der Waals surface area contributed by atoms with Crippen LogP contribution in [-0.2, 0) is 4.74 Å². The lowest BCUT2D eigenvalue weighted by Gasteiger charge is -2.25. The zero-order chi connectivity index (χ0) is 12.7. The van der Waals surface area contributed by atoms with Crippen molar-refractivity contribution in [3.63, 3.8) is 0 Å². The van der Waals surface area contributed by atoms with E-state index < -0.39 is 0 Å². The Labute approximate surface area is 113 Å². The van der Waals surface area contributed by atoms with Gasteiger partial charge in [-0.2, -0.15) is 0 Å². The third kappa shape index (κ3) is 4.78. The molecule has 1 aromatic carbocycles. The molecular weight excluding hydrogens is 278 g/mol. The second-order valence-electron chi connectivity index (χ2n) is 4.35. The summed E-state index contributed by atoms with van der Waals surface area (Å²) in [6.45, 7) is 6.22. The topological polar surface area (TPSA) is 21.3 Å². The van der Waals surface area contributed by atoms with Gasteiger partial charge in [-0.05, 0) is 36.6 Å². The first-order chi connectivity index (χ1) is 8.19. The highest BCUT2D eigenvalue weighted by atomic mass is 79.9. The fourth-order valence-electron chi connectivity index (χ4n) is 2.04. The Balaban J connectivity index is 2.77. The minimum absolute atomic E-state index is 0.396. The highest BCUT2D eigenvalue weighted by molar-refractivity contribution is 9.10. The second kappa shape index (κ2) is 7.85. The van der Waals surface area contributed by atoms with Crippen LogP contribution in [0.25, 0.3) is 0 Å². The van der Waals surface area contributed by atoms with Crippen LogP contribution in [0.1, 0.15) is 31.9 Å². The number of benzene rings is 1. The first kappa shape index (κ1) is 14.7. The standard InChI is InChI=1S/C14H22BrNO/c1-4-16-14(11(2)8-9-17-3)12-6-5-7-13(15)10-12/h5-7,10-11,14,16H,4,8-9H2,1-3H3. The maximum atomic E-state index is 5.16. The van der Waals surface area contributed by atoms with E-state index in [0.717, 1.165) is 24.0 Å². The molecule has 0 amide bonds. The third-order valence-electron chi connectivity index (χ3n) is 2.98. The molecule has 2 unspecified atom stereocenters. The molecule has 0 bridgehead atoms. The number of hydrogen-bond acceptors (Lipinski definition) is 2. The molecule has 2 atom stereocenters. The van der Waals surface area contributed by atoms with E-state index >= 15 is 0 Å². The maximum Gasteiger partial charge on any atom is 0.0465 e. The van der Waals surface area contributed by atoms with Gasteiger partial charge in [-0.15, -0.1) is 0 Å². The van der Waals surface area contributed by atoms with Crippen LogP contribution in [0.2, 0.25) is 0 Å². The predicted octanol–water partition coefficient (Wildman–Crippen LogP) is 3.77. The quantitative estimate of drug-likeness (QED) is 0.827. The van der Waals surface area contributed by atoms with Crippen molar-refractivity contribution in [1.82, 2.24) is 5.32 Å². The maximum absolute atomic E-state index is 5.16. The molecule has 0 aromatic heterocycles. The molecule has 0 heterocycles. The number of methoxy groups -OCH3 is 1. The fraction of sp³-hybridized carbons (Fsp3) is 0.571. The summed E-state index contributed by atoms with van der Waals surface area (Å²) in [5, 5.41) is 3.56. The van der Waals surface area contributed by atoms with Crippen molar-refractivity contribution in [3.8, 4) is 0 Å². The lowest BCUT2D eigenvalue weighted by Crippen LogP contribution is -2.27. The molecule has 0 radical (unpaired) electrons. The molecule has 2 nitrogen and oxygen atoms in total. The molecule has 0 aliphatic carbocycles. The van der Waals surface area contributed by atoms with Gasteiger partial charge in [0, 0.05) is 24.2 Å². The van der Waals surface area contributed by atoms with Crippen LogP contribution in [0.5, 0.6) is 0 Å². The molecule has 1 rings (SSSR count). The van der Waals surface area contributed by atoms with Crippen molar-refractivity contribution in [3.05, 3.63) is 34.3 Å². The van der Waals surface area contributed by atoms with E-state index in [9.17, 15) is 0 Å². The minimum Gasteiger partial charge on any atom is -0.385 e. The van der Waals surface area contributed by atoms with Gasteiger partial charge in [-0.3, -0.25) is 0 Å². The summed E-state index contributed by atoms with van der Waals surface area (Å²) in [6, 6.07) is 8.92. The molecule has 0 aliphatic heterocycles. The average molecular weight is 300 g/mol. The van der Waals surface area contributed by atoms with Crippen LogP contribution in [-0.4, -0.2) is 20.3 Å². The summed E-state index contributed by atoms with van der Waals surface area (Å²) in [7, 11) is 1.76. The third-order valence-corrected chi connectivity index (χ3v) is 3.47. The van der Waals surface area contributed by atoms with E-state index in [1.165, 1.54) is 5.56 Å². The van der Waals surface area contributed by atoms with Gasteiger partial charge >= 0.3 is 0 Å². The van der Waals surface area contributed by atoms with E-state index in [-0.39, 0.29) is 0 Å². The van der Waals surface area contributed by atoms with Gasteiger partial charge < -0.3 is 10.1 Å². The van der Waals surface area contributed by atoms with Crippen molar-refractivity contribution in [2.75, 3.05) is 20.3 Å². The van der Waals surface area contributed by atoms with E-state index in [1.54, 1.807) is 7.11 Å². The van der Waals surface area contributed by atoms with Crippen LogP contribution < -0.4 is 5.32 Å². The van der Waals surface area contributed by atoms with Gasteiger partial charge in [0.15, 0.2) is 0 Å². The molecule has 0 saturated carbocycles. The van der Waals surface area contributed by atoms with Gasteiger partial charge in [0.2, 0.25) is 0 Å². The van der Waals surface area contributed by atoms with Crippen molar-refractivity contribution in [2.45, 2.75) is 26.3 Å². The number of nitrogens with one attached hydrogen (secondary N) is 1. The van der Waals surface area contributed by atoms with Crippen molar-refractivity contribution >= 4 is 15.9 Å². The van der Waals surface area contributed by atoms with E-state index in [4.69, 9.17) is 4.74 Å². The summed E-state index contributed by atoms with van der Waals surface area (Å²) >= 11 is 3.53. The molecule has 1 N–H and O–H groups in total. The molecule has 0 fully saturated rings. The monoisotopic (exact) mass is 299 g/mol. The highest BCUT2D eigenvalue weighted by Gasteiger charge is 2.18. The number of halogens is 1. The summed E-state index contributed by atoms with van der Waals surface area (Å²) < 4.78 is 6.30.